The number of rotatable bonds is 5. The minimum absolute atomic E-state index is 0.693. The quantitative estimate of drug-likeness (QED) is 0.782. The highest BCUT2D eigenvalue weighted by Gasteiger charge is 2.32. The van der Waals surface area contributed by atoms with Gasteiger partial charge in [-0.25, -0.2) is 0 Å². The van der Waals surface area contributed by atoms with Gasteiger partial charge in [0.2, 0.25) is 0 Å². The smallest absolute Gasteiger partial charge is 0.0373 e. The van der Waals surface area contributed by atoms with Crippen LogP contribution in [-0.2, 0) is 0 Å². The lowest BCUT2D eigenvalue weighted by molar-refractivity contribution is 0.170. The number of nitrogens with zero attached hydrogens (tertiary/aromatic N) is 2. The molecule has 0 aromatic carbocycles. The minimum Gasteiger partial charge on any atom is -0.313 e. The van der Waals surface area contributed by atoms with Crippen LogP contribution in [-0.4, -0.2) is 62.2 Å². The molecule has 0 bridgehead atoms. The Kier molecular flexibility index (Phi) is 4.83. The van der Waals surface area contributed by atoms with Crippen LogP contribution < -0.4 is 5.32 Å². The van der Waals surface area contributed by atoms with Crippen molar-refractivity contribution in [1.82, 2.24) is 15.1 Å². The molecular weight excluding hydrogens is 210 g/mol. The first-order valence-electron chi connectivity index (χ1n) is 7.33. The monoisotopic (exact) mass is 239 g/mol. The van der Waals surface area contributed by atoms with Gasteiger partial charge in [0.05, 0.1) is 0 Å². The van der Waals surface area contributed by atoms with E-state index in [0.717, 1.165) is 12.5 Å². The molecule has 0 radical (unpaired) electrons. The SMILES string of the molecule is CCNC(CC1CC1)C1CN(C)CCCN1C. The Bertz CT molecular complexity index is 228. The molecule has 2 atom stereocenters. The summed E-state index contributed by atoms with van der Waals surface area (Å²) in [7, 11) is 4.58. The maximum atomic E-state index is 3.73. The highest BCUT2D eigenvalue weighted by Crippen LogP contribution is 2.34. The zero-order valence-electron chi connectivity index (χ0n) is 11.8. The number of nitrogens with one attached hydrogen (secondary N) is 1. The zero-order valence-corrected chi connectivity index (χ0v) is 11.8. The van der Waals surface area contributed by atoms with Crippen molar-refractivity contribution in [1.29, 1.82) is 0 Å². The normalized spacial score (nSPS) is 30.2. The van der Waals surface area contributed by atoms with Crippen LogP contribution >= 0.6 is 0 Å². The Morgan fingerprint density at radius 3 is 2.65 bits per heavy atom. The molecule has 0 aromatic heterocycles. The molecule has 1 aliphatic heterocycles. The van der Waals surface area contributed by atoms with Gasteiger partial charge in [-0.2, -0.15) is 0 Å². The van der Waals surface area contributed by atoms with Crippen molar-refractivity contribution in [3.05, 3.63) is 0 Å². The van der Waals surface area contributed by atoms with Gasteiger partial charge in [0.25, 0.3) is 0 Å². The van der Waals surface area contributed by atoms with Crippen molar-refractivity contribution >= 4 is 0 Å². The van der Waals surface area contributed by atoms with Gasteiger partial charge in [0, 0.05) is 18.6 Å². The van der Waals surface area contributed by atoms with E-state index in [9.17, 15) is 0 Å². The van der Waals surface area contributed by atoms with Crippen LogP contribution in [0.5, 0.6) is 0 Å². The Morgan fingerprint density at radius 1 is 1.24 bits per heavy atom. The van der Waals surface area contributed by atoms with Crippen LogP contribution in [0.1, 0.15) is 32.6 Å². The van der Waals surface area contributed by atoms with Gasteiger partial charge >= 0.3 is 0 Å². The Balaban J connectivity index is 1.96. The first kappa shape index (κ1) is 13.3. The molecular formula is C14H29N3. The maximum absolute atomic E-state index is 3.73. The van der Waals surface area contributed by atoms with Gasteiger partial charge in [-0.15, -0.1) is 0 Å². The summed E-state index contributed by atoms with van der Waals surface area (Å²) in [5.41, 5.74) is 0. The van der Waals surface area contributed by atoms with Crippen LogP contribution in [0.3, 0.4) is 0 Å². The molecule has 0 aromatic rings. The van der Waals surface area contributed by atoms with E-state index in [0.29, 0.717) is 12.1 Å². The third-order valence-corrected chi connectivity index (χ3v) is 4.33. The largest absolute Gasteiger partial charge is 0.313 e. The molecule has 1 N–H and O–H groups in total. The minimum atomic E-state index is 0.693. The van der Waals surface area contributed by atoms with E-state index in [4.69, 9.17) is 0 Å². The Morgan fingerprint density at radius 2 is 2.00 bits per heavy atom. The van der Waals surface area contributed by atoms with E-state index in [1.807, 2.05) is 0 Å². The first-order chi connectivity index (χ1) is 8.20. The number of hydrogen-bond acceptors (Lipinski definition) is 3. The van der Waals surface area contributed by atoms with Gasteiger partial charge < -0.3 is 15.1 Å². The summed E-state index contributed by atoms with van der Waals surface area (Å²) in [5.74, 6) is 1.01. The lowest BCUT2D eigenvalue weighted by Gasteiger charge is -2.35. The molecule has 17 heavy (non-hydrogen) atoms. The van der Waals surface area contributed by atoms with Crippen molar-refractivity contribution < 1.29 is 0 Å². The molecule has 1 saturated heterocycles. The molecule has 2 aliphatic rings. The van der Waals surface area contributed by atoms with Gasteiger partial charge in [-0.05, 0) is 52.5 Å². The average Bonchev–Trinajstić information content (AvgIpc) is 3.09. The van der Waals surface area contributed by atoms with Crippen LogP contribution in [0, 0.1) is 5.92 Å². The lowest BCUT2D eigenvalue weighted by Crippen LogP contribution is -2.52. The first-order valence-corrected chi connectivity index (χ1v) is 7.33. The molecule has 3 heteroatoms. The fraction of sp³-hybridized carbons (Fsp3) is 1.00. The molecule has 0 spiro atoms. The van der Waals surface area contributed by atoms with Gasteiger partial charge in [-0.3, -0.25) is 0 Å². The summed E-state index contributed by atoms with van der Waals surface area (Å²) < 4.78 is 0. The molecule has 1 heterocycles. The van der Waals surface area contributed by atoms with Crippen molar-refractivity contribution in [3.63, 3.8) is 0 Å². The second-order valence-electron chi connectivity index (χ2n) is 6.01. The summed E-state index contributed by atoms with van der Waals surface area (Å²) in [6, 6.07) is 1.39. The number of likely N-dealkylation sites (N-methyl/N-ethyl adjacent to an activating group) is 3. The molecule has 1 aliphatic carbocycles. The van der Waals surface area contributed by atoms with E-state index in [1.54, 1.807) is 0 Å². The zero-order chi connectivity index (χ0) is 12.3. The predicted octanol–water partition coefficient (Wildman–Crippen LogP) is 1.40. The van der Waals surface area contributed by atoms with Crippen molar-refractivity contribution in [3.8, 4) is 0 Å². The second-order valence-corrected chi connectivity index (χ2v) is 6.01. The molecule has 2 fully saturated rings. The lowest BCUT2D eigenvalue weighted by atomic mass is 10.0. The summed E-state index contributed by atoms with van der Waals surface area (Å²) in [6.07, 6.45) is 5.63. The summed E-state index contributed by atoms with van der Waals surface area (Å²) in [5, 5.41) is 3.73. The van der Waals surface area contributed by atoms with E-state index in [1.165, 1.54) is 45.3 Å². The standard InChI is InChI=1S/C14H29N3/c1-4-15-13(10-12-6-7-12)14-11-16(2)8-5-9-17(14)3/h12-15H,4-11H2,1-3H3. The van der Waals surface area contributed by atoms with Gasteiger partial charge in [0.15, 0.2) is 0 Å². The fourth-order valence-corrected chi connectivity index (χ4v) is 3.09. The highest BCUT2D eigenvalue weighted by atomic mass is 15.2. The Hall–Kier alpha value is -0.120. The molecule has 3 nitrogen and oxygen atoms in total. The molecule has 1 saturated carbocycles. The van der Waals surface area contributed by atoms with E-state index in [2.05, 4.69) is 36.1 Å². The molecule has 0 amide bonds. The summed E-state index contributed by atoms with van der Waals surface area (Å²) >= 11 is 0. The third kappa shape index (κ3) is 3.94. The van der Waals surface area contributed by atoms with Crippen molar-refractivity contribution in [2.24, 2.45) is 5.92 Å². The van der Waals surface area contributed by atoms with Crippen LogP contribution in [0.4, 0.5) is 0 Å². The molecule has 100 valence electrons. The van der Waals surface area contributed by atoms with Gasteiger partial charge in [-0.1, -0.05) is 19.8 Å². The molecule has 2 rings (SSSR count). The van der Waals surface area contributed by atoms with Crippen LogP contribution in [0.15, 0.2) is 0 Å². The van der Waals surface area contributed by atoms with Crippen LogP contribution in [0.2, 0.25) is 0 Å². The van der Waals surface area contributed by atoms with E-state index >= 15 is 0 Å². The fourth-order valence-electron chi connectivity index (χ4n) is 3.09. The van der Waals surface area contributed by atoms with Crippen molar-refractivity contribution in [2.45, 2.75) is 44.7 Å². The summed E-state index contributed by atoms with van der Waals surface area (Å²) in [6.45, 7) is 7.07. The van der Waals surface area contributed by atoms with Crippen molar-refractivity contribution in [2.75, 3.05) is 40.3 Å². The molecule has 2 unspecified atom stereocenters. The Labute approximate surface area is 107 Å². The average molecular weight is 239 g/mol. The van der Waals surface area contributed by atoms with Gasteiger partial charge in [0.1, 0.15) is 0 Å². The number of hydrogen-bond donors (Lipinski definition) is 1. The predicted molar refractivity (Wildman–Crippen MR) is 73.3 cm³/mol. The summed E-state index contributed by atoms with van der Waals surface area (Å²) in [4.78, 5) is 5.09. The highest BCUT2D eigenvalue weighted by molar-refractivity contribution is 4.91. The second kappa shape index (κ2) is 6.17. The van der Waals surface area contributed by atoms with E-state index < -0.39 is 0 Å². The maximum Gasteiger partial charge on any atom is 0.0373 e. The topological polar surface area (TPSA) is 18.5 Å². The third-order valence-electron chi connectivity index (χ3n) is 4.33. The van der Waals surface area contributed by atoms with Crippen LogP contribution in [0.25, 0.3) is 0 Å². The van der Waals surface area contributed by atoms with E-state index in [-0.39, 0.29) is 0 Å².